The Kier molecular flexibility index (Phi) is 8.82. The second-order valence-corrected chi connectivity index (χ2v) is 9.52. The van der Waals surface area contributed by atoms with Crippen LogP contribution in [0, 0.1) is 0 Å². The molecule has 0 aliphatic rings. The van der Waals surface area contributed by atoms with Gasteiger partial charge in [0.25, 0.3) is 0 Å². The van der Waals surface area contributed by atoms with Crippen LogP contribution in [0.5, 0.6) is 0 Å². The van der Waals surface area contributed by atoms with Crippen LogP contribution >= 0.6 is 7.37 Å². The monoisotopic (exact) mass is 702 g/mol. The highest BCUT2D eigenvalue weighted by Gasteiger charge is 2.98. The van der Waals surface area contributed by atoms with Crippen molar-refractivity contribution < 1.29 is 124 Å². The van der Waals surface area contributed by atoms with Crippen LogP contribution in [0.1, 0.15) is 0 Å². The van der Waals surface area contributed by atoms with E-state index < -0.39 is 78.4 Å². The summed E-state index contributed by atoms with van der Waals surface area (Å²) in [6.07, 6.45) is -16.4. The topological polar surface area (TPSA) is 37.3 Å². The molecule has 0 aromatic heterocycles. The van der Waals surface area contributed by atoms with Gasteiger partial charge in [-0.15, -0.1) is 0 Å². The van der Waals surface area contributed by atoms with Gasteiger partial charge < -0.3 is 4.89 Å². The average molecular weight is 702 g/mol. The van der Waals surface area contributed by atoms with E-state index in [1.807, 2.05) is 0 Å². The lowest BCUT2D eigenvalue weighted by Gasteiger charge is -2.44. The largest absolute Gasteiger partial charge is 0.460 e. The summed E-state index contributed by atoms with van der Waals surface area (Å²) in [4.78, 5) is 8.34. The molecule has 0 rings (SSSR count). The Balaban J connectivity index is 7.44. The van der Waals surface area contributed by atoms with Crippen LogP contribution in [0.2, 0.25) is 0 Å². The number of alkyl halides is 26. The van der Waals surface area contributed by atoms with Crippen molar-refractivity contribution in [2.45, 2.75) is 71.1 Å². The third kappa shape index (κ3) is 4.49. The van der Waals surface area contributed by atoms with E-state index in [1.165, 1.54) is 0 Å². The molecule has 0 amide bonds. The highest BCUT2D eigenvalue weighted by Crippen LogP contribution is 2.79. The summed E-state index contributed by atoms with van der Waals surface area (Å²) in [7, 11) is -10.7. The maximum Gasteiger partial charge on any atom is 0.460 e. The van der Waals surface area contributed by atoms with Gasteiger partial charge in [-0.1, -0.05) is 0 Å². The molecule has 0 unspecified atom stereocenters. The zero-order valence-corrected chi connectivity index (χ0v) is 18.0. The van der Waals surface area contributed by atoms with Crippen LogP contribution in [0.4, 0.5) is 114 Å². The van der Waals surface area contributed by atoms with Gasteiger partial charge in [0, 0.05) is 0 Å². The first-order valence-corrected chi connectivity index (χ1v) is 9.90. The zero-order valence-electron chi connectivity index (χ0n) is 17.1. The third-order valence-electron chi connectivity index (χ3n) is 4.59. The maximum absolute atomic E-state index is 13.6. The fourth-order valence-corrected chi connectivity index (χ4v) is 3.47. The van der Waals surface area contributed by atoms with Crippen LogP contribution in [0.25, 0.3) is 0 Å². The first-order chi connectivity index (χ1) is 17.0. The molecule has 0 heterocycles. The molecule has 0 bridgehead atoms. The van der Waals surface area contributed by atoms with Gasteiger partial charge in [0.2, 0.25) is 0 Å². The molecule has 0 aliphatic carbocycles. The van der Waals surface area contributed by atoms with E-state index in [-0.39, 0.29) is 0 Å². The van der Waals surface area contributed by atoms with Gasteiger partial charge in [-0.25, -0.2) is 0 Å². The van der Waals surface area contributed by atoms with Crippen molar-refractivity contribution in [3.8, 4) is 0 Å². The van der Waals surface area contributed by atoms with E-state index in [0.29, 0.717) is 0 Å². The molecule has 41 heavy (non-hydrogen) atoms. The number of rotatable bonds is 10. The summed E-state index contributed by atoms with van der Waals surface area (Å²) in [5, 5.41) is 0. The Morgan fingerprint density at radius 2 is 0.439 bits per heavy atom. The van der Waals surface area contributed by atoms with Crippen molar-refractivity contribution in [2.75, 3.05) is 0 Å². The lowest BCUT2D eigenvalue weighted by atomic mass is 9.98. The van der Waals surface area contributed by atoms with Gasteiger partial charge in [0.05, 0.1) is 0 Å². The minimum absolute atomic E-state index is 8.19. The van der Waals surface area contributed by atoms with E-state index in [1.54, 1.807) is 0 Å². The van der Waals surface area contributed by atoms with Crippen molar-refractivity contribution >= 4 is 7.37 Å². The third-order valence-corrected chi connectivity index (χ3v) is 6.68. The molecule has 0 saturated carbocycles. The minimum Gasteiger partial charge on any atom is -0.336 e. The first kappa shape index (κ1) is 39.4. The highest BCUT2D eigenvalue weighted by molar-refractivity contribution is 7.60. The Labute approximate surface area is 203 Å². The van der Waals surface area contributed by atoms with Crippen LogP contribution in [-0.4, -0.2) is 76.0 Å². The summed E-state index contributed by atoms with van der Waals surface area (Å²) >= 11 is 0. The molecule has 248 valence electrons. The lowest BCUT2D eigenvalue weighted by Crippen LogP contribution is -2.72. The Morgan fingerprint density at radius 1 is 0.293 bits per heavy atom. The lowest BCUT2D eigenvalue weighted by molar-refractivity contribution is -0.438. The molecule has 0 atom stereocenters. The molecular formula is C12HF26O2P. The summed E-state index contributed by atoms with van der Waals surface area (Å²) in [5.74, 6) is -73.1. The number of halogens is 26. The van der Waals surface area contributed by atoms with Crippen LogP contribution < -0.4 is 0 Å². The minimum atomic E-state index is -10.7. The van der Waals surface area contributed by atoms with Crippen molar-refractivity contribution in [1.82, 2.24) is 0 Å². The van der Waals surface area contributed by atoms with Crippen molar-refractivity contribution in [3.05, 3.63) is 0 Å². The second kappa shape index (κ2) is 9.19. The van der Waals surface area contributed by atoms with Crippen molar-refractivity contribution in [3.63, 3.8) is 0 Å². The van der Waals surface area contributed by atoms with Crippen LogP contribution in [-0.2, 0) is 4.57 Å². The first-order valence-electron chi connectivity index (χ1n) is 8.24. The Bertz CT molecular complexity index is 952. The number of hydrogen-bond donors (Lipinski definition) is 1. The second-order valence-electron chi connectivity index (χ2n) is 7.25. The predicted molar refractivity (Wildman–Crippen MR) is 71.4 cm³/mol. The van der Waals surface area contributed by atoms with Crippen molar-refractivity contribution in [2.24, 2.45) is 0 Å². The van der Waals surface area contributed by atoms with Crippen LogP contribution in [0.3, 0.4) is 0 Å². The smallest absolute Gasteiger partial charge is 0.336 e. The molecule has 0 spiro atoms. The van der Waals surface area contributed by atoms with Gasteiger partial charge in [0.1, 0.15) is 0 Å². The highest BCUT2D eigenvalue weighted by atomic mass is 31.2. The molecule has 0 fully saturated rings. The molecule has 0 aromatic rings. The molecule has 0 saturated heterocycles. The maximum atomic E-state index is 13.6. The van der Waals surface area contributed by atoms with Crippen LogP contribution in [0.15, 0.2) is 0 Å². The Morgan fingerprint density at radius 3 is 0.585 bits per heavy atom. The molecule has 0 aliphatic heterocycles. The predicted octanol–water partition coefficient (Wildman–Crippen LogP) is 8.65. The fraction of sp³-hybridized carbons (Fsp3) is 1.00. The van der Waals surface area contributed by atoms with E-state index >= 15 is 0 Å². The van der Waals surface area contributed by atoms with Gasteiger partial charge >= 0.3 is 78.4 Å². The molecule has 29 heteroatoms. The summed E-state index contributed by atoms with van der Waals surface area (Å²) < 4.78 is 347. The molecular weight excluding hydrogens is 701 g/mol. The molecule has 0 aromatic carbocycles. The van der Waals surface area contributed by atoms with Gasteiger partial charge in [-0.2, -0.15) is 114 Å². The zero-order chi connectivity index (χ0) is 34.5. The molecule has 2 nitrogen and oxygen atoms in total. The normalized spacial score (nSPS) is 17.2. The van der Waals surface area contributed by atoms with E-state index in [0.717, 1.165) is 0 Å². The van der Waals surface area contributed by atoms with E-state index in [4.69, 9.17) is 4.89 Å². The van der Waals surface area contributed by atoms with Gasteiger partial charge in [-0.05, 0) is 0 Å². The fourth-order valence-electron chi connectivity index (χ4n) is 2.08. The Hall–Kier alpha value is -1.63. The summed E-state index contributed by atoms with van der Waals surface area (Å²) in [5.41, 5.74) is -18.7. The molecule has 1 N–H and O–H groups in total. The van der Waals surface area contributed by atoms with Gasteiger partial charge in [0.15, 0.2) is 0 Å². The quantitative estimate of drug-likeness (QED) is 0.183. The standard InChI is InChI=1S/C12HF26O2P/c13-1(14,5(21,22)9(29,30)31)3(17,18)7(25,26)11(35,36)41(39,40)12(37,38)8(27,28)4(19,20)2(15,16)6(23,24)10(32,33)34/h(H,39,40). The number of hydrogen-bond acceptors (Lipinski definition) is 1. The van der Waals surface area contributed by atoms with Gasteiger partial charge in [-0.3, -0.25) is 4.57 Å². The molecule has 0 radical (unpaired) electrons. The average Bonchev–Trinajstić information content (AvgIpc) is 2.70. The van der Waals surface area contributed by atoms with E-state index in [9.17, 15) is 119 Å². The van der Waals surface area contributed by atoms with E-state index in [2.05, 4.69) is 0 Å². The van der Waals surface area contributed by atoms with Crippen molar-refractivity contribution in [1.29, 1.82) is 0 Å². The summed E-state index contributed by atoms with van der Waals surface area (Å²) in [6.45, 7) is 0. The SMILES string of the molecule is O=P(O)(C(F)(F)C(F)(F)C(F)(F)C(F)(F)C(F)(F)C(F)(F)F)C(F)(F)C(F)(F)C(F)(F)C(F)(F)C(F)(F)C(F)(F)F. The summed E-state index contributed by atoms with van der Waals surface area (Å²) in [6, 6.07) is 0.